The molecule has 2 aromatic rings. The third-order valence-corrected chi connectivity index (χ3v) is 4.49. The van der Waals surface area contributed by atoms with Crippen molar-refractivity contribution in [2.24, 2.45) is 5.92 Å². The monoisotopic (exact) mass is 340 g/mol. The van der Waals surface area contributed by atoms with E-state index < -0.39 is 0 Å². The predicted octanol–water partition coefficient (Wildman–Crippen LogP) is 3.05. The lowest BCUT2D eigenvalue weighted by Gasteiger charge is -2.31. The molecule has 25 heavy (non-hydrogen) atoms. The smallest absolute Gasteiger partial charge is 0.258 e. The second kappa shape index (κ2) is 8.62. The molecular formula is C20H24N2O3. The van der Waals surface area contributed by atoms with E-state index >= 15 is 0 Å². The highest BCUT2D eigenvalue weighted by Gasteiger charge is 2.27. The lowest BCUT2D eigenvalue weighted by Crippen LogP contribution is -2.38. The lowest BCUT2D eigenvalue weighted by molar-refractivity contribution is -0.124. The van der Waals surface area contributed by atoms with Crippen LogP contribution in [0.3, 0.4) is 0 Å². The standard InChI is InChI=1S/C20H24N2O3/c1-15-4-6-18(7-5-15)25-14-19(23)22-20(16-8-11-24-12-9-16)17-3-2-10-21-13-17/h2-7,10,13,16,20H,8-9,11-12,14H2,1H3,(H,22,23). The van der Waals surface area contributed by atoms with Gasteiger partial charge in [0.15, 0.2) is 6.61 Å². The van der Waals surface area contributed by atoms with Gasteiger partial charge >= 0.3 is 0 Å². The van der Waals surface area contributed by atoms with E-state index in [2.05, 4.69) is 10.3 Å². The first kappa shape index (κ1) is 17.4. The minimum atomic E-state index is -0.124. The minimum absolute atomic E-state index is 0.00302. The van der Waals surface area contributed by atoms with Crippen molar-refractivity contribution < 1.29 is 14.3 Å². The fourth-order valence-electron chi connectivity index (χ4n) is 3.08. The number of rotatable bonds is 6. The average Bonchev–Trinajstić information content (AvgIpc) is 2.67. The number of carbonyl (C=O) groups excluding carboxylic acids is 1. The van der Waals surface area contributed by atoms with Crippen LogP contribution in [0, 0.1) is 12.8 Å². The van der Waals surface area contributed by atoms with Gasteiger partial charge in [-0.25, -0.2) is 0 Å². The van der Waals surface area contributed by atoms with Crippen LogP contribution < -0.4 is 10.1 Å². The molecule has 0 radical (unpaired) electrons. The number of amides is 1. The van der Waals surface area contributed by atoms with Gasteiger partial charge in [-0.15, -0.1) is 0 Å². The van der Waals surface area contributed by atoms with Crippen molar-refractivity contribution >= 4 is 5.91 Å². The highest BCUT2D eigenvalue weighted by atomic mass is 16.5. The Hall–Kier alpha value is -2.40. The fraction of sp³-hybridized carbons (Fsp3) is 0.400. The van der Waals surface area contributed by atoms with Crippen molar-refractivity contribution in [2.45, 2.75) is 25.8 Å². The number of aromatic nitrogens is 1. The summed E-state index contributed by atoms with van der Waals surface area (Å²) in [6.07, 6.45) is 5.42. The molecule has 3 rings (SSSR count). The van der Waals surface area contributed by atoms with Crippen LogP contribution in [-0.2, 0) is 9.53 Å². The van der Waals surface area contributed by atoms with E-state index in [9.17, 15) is 4.79 Å². The Bertz CT molecular complexity index is 667. The first-order chi connectivity index (χ1) is 12.2. The molecule has 1 aliphatic heterocycles. The molecule has 0 aliphatic carbocycles. The fourth-order valence-corrected chi connectivity index (χ4v) is 3.08. The Balaban J connectivity index is 1.62. The van der Waals surface area contributed by atoms with Gasteiger partial charge in [0.05, 0.1) is 6.04 Å². The summed E-state index contributed by atoms with van der Waals surface area (Å²) in [6.45, 7) is 3.49. The maximum absolute atomic E-state index is 12.4. The summed E-state index contributed by atoms with van der Waals surface area (Å²) >= 11 is 0. The second-order valence-corrected chi connectivity index (χ2v) is 6.38. The average molecular weight is 340 g/mol. The molecule has 0 bridgehead atoms. The number of ether oxygens (including phenoxy) is 2. The van der Waals surface area contributed by atoms with Crippen LogP contribution in [0.25, 0.3) is 0 Å². The molecule has 1 aliphatic rings. The molecular weight excluding hydrogens is 316 g/mol. The van der Waals surface area contributed by atoms with Gasteiger partial charge in [0.25, 0.3) is 5.91 Å². The van der Waals surface area contributed by atoms with Crippen LogP contribution in [0.4, 0.5) is 0 Å². The van der Waals surface area contributed by atoms with Crippen molar-refractivity contribution in [1.82, 2.24) is 10.3 Å². The maximum Gasteiger partial charge on any atom is 0.258 e. The zero-order chi connectivity index (χ0) is 17.5. The third kappa shape index (κ3) is 5.03. The normalized spacial score (nSPS) is 16.2. The molecule has 1 saturated heterocycles. The molecule has 0 saturated carbocycles. The van der Waals surface area contributed by atoms with Crippen LogP contribution in [0.2, 0.25) is 0 Å². The van der Waals surface area contributed by atoms with E-state index in [-0.39, 0.29) is 18.6 Å². The van der Waals surface area contributed by atoms with Crippen molar-refractivity contribution in [2.75, 3.05) is 19.8 Å². The zero-order valence-corrected chi connectivity index (χ0v) is 14.5. The number of benzene rings is 1. The molecule has 1 fully saturated rings. The van der Waals surface area contributed by atoms with Crippen molar-refractivity contribution in [1.29, 1.82) is 0 Å². The van der Waals surface area contributed by atoms with E-state index in [4.69, 9.17) is 9.47 Å². The summed E-state index contributed by atoms with van der Waals surface area (Å²) in [7, 11) is 0. The molecule has 2 heterocycles. The Morgan fingerprint density at radius 3 is 2.72 bits per heavy atom. The highest BCUT2D eigenvalue weighted by molar-refractivity contribution is 5.78. The summed E-state index contributed by atoms with van der Waals surface area (Å²) in [4.78, 5) is 16.6. The van der Waals surface area contributed by atoms with Crippen LogP contribution in [0.15, 0.2) is 48.8 Å². The highest BCUT2D eigenvalue weighted by Crippen LogP contribution is 2.29. The number of hydrogen-bond acceptors (Lipinski definition) is 4. The summed E-state index contributed by atoms with van der Waals surface area (Å²) in [6, 6.07) is 11.5. The zero-order valence-electron chi connectivity index (χ0n) is 14.5. The van der Waals surface area contributed by atoms with Crippen molar-refractivity contribution in [3.05, 3.63) is 59.9 Å². The van der Waals surface area contributed by atoms with Gasteiger partial charge in [0.2, 0.25) is 0 Å². The molecule has 1 atom stereocenters. The molecule has 5 nitrogen and oxygen atoms in total. The SMILES string of the molecule is Cc1ccc(OCC(=O)NC(c2cccnc2)C2CCOCC2)cc1. The minimum Gasteiger partial charge on any atom is -0.484 e. The summed E-state index contributed by atoms with van der Waals surface area (Å²) in [5.41, 5.74) is 2.19. The Morgan fingerprint density at radius 1 is 1.28 bits per heavy atom. The van der Waals surface area contributed by atoms with E-state index in [1.54, 1.807) is 6.20 Å². The molecule has 1 aromatic carbocycles. The first-order valence-corrected chi connectivity index (χ1v) is 8.69. The van der Waals surface area contributed by atoms with Gasteiger partial charge in [0.1, 0.15) is 5.75 Å². The largest absolute Gasteiger partial charge is 0.484 e. The van der Waals surface area contributed by atoms with Crippen molar-refractivity contribution in [3.63, 3.8) is 0 Å². The van der Waals surface area contributed by atoms with Crippen LogP contribution in [0.5, 0.6) is 5.75 Å². The second-order valence-electron chi connectivity index (χ2n) is 6.38. The molecule has 1 unspecified atom stereocenters. The van der Waals surface area contributed by atoms with Gasteiger partial charge in [-0.1, -0.05) is 23.8 Å². The lowest BCUT2D eigenvalue weighted by atomic mass is 9.87. The number of carbonyl (C=O) groups is 1. The van der Waals surface area contributed by atoms with Crippen LogP contribution >= 0.6 is 0 Å². The van der Waals surface area contributed by atoms with Gasteiger partial charge in [-0.2, -0.15) is 0 Å². The van der Waals surface area contributed by atoms with Crippen LogP contribution in [0.1, 0.15) is 30.0 Å². The van der Waals surface area contributed by atoms with E-state index in [0.29, 0.717) is 11.7 Å². The number of aryl methyl sites for hydroxylation is 1. The topological polar surface area (TPSA) is 60.5 Å². The van der Waals surface area contributed by atoms with Gasteiger partial charge < -0.3 is 14.8 Å². The molecule has 1 aromatic heterocycles. The van der Waals surface area contributed by atoms with Crippen LogP contribution in [-0.4, -0.2) is 30.7 Å². The van der Waals surface area contributed by atoms with Gasteiger partial charge in [-0.3, -0.25) is 9.78 Å². The molecule has 5 heteroatoms. The van der Waals surface area contributed by atoms with Gasteiger partial charge in [0, 0.05) is 25.6 Å². The van der Waals surface area contributed by atoms with E-state index in [0.717, 1.165) is 37.2 Å². The quantitative estimate of drug-likeness (QED) is 0.878. The summed E-state index contributed by atoms with van der Waals surface area (Å²) in [5, 5.41) is 3.13. The Kier molecular flexibility index (Phi) is 6.01. The van der Waals surface area contributed by atoms with Crippen molar-refractivity contribution in [3.8, 4) is 5.75 Å². The maximum atomic E-state index is 12.4. The third-order valence-electron chi connectivity index (χ3n) is 4.49. The molecule has 0 spiro atoms. The number of pyridine rings is 1. The molecule has 132 valence electrons. The Morgan fingerprint density at radius 2 is 2.04 bits per heavy atom. The van der Waals surface area contributed by atoms with Gasteiger partial charge in [-0.05, 0) is 49.4 Å². The molecule has 1 amide bonds. The van der Waals surface area contributed by atoms with E-state index in [1.165, 1.54) is 0 Å². The summed E-state index contributed by atoms with van der Waals surface area (Å²) in [5.74, 6) is 0.923. The number of nitrogens with one attached hydrogen (secondary N) is 1. The summed E-state index contributed by atoms with van der Waals surface area (Å²) < 4.78 is 11.0. The first-order valence-electron chi connectivity index (χ1n) is 8.69. The van der Waals surface area contributed by atoms with E-state index in [1.807, 2.05) is 49.5 Å². The number of nitrogens with zero attached hydrogens (tertiary/aromatic N) is 1. The predicted molar refractivity (Wildman–Crippen MR) is 95.3 cm³/mol. The number of hydrogen-bond donors (Lipinski definition) is 1. The Labute approximate surface area is 148 Å². The molecule has 1 N–H and O–H groups in total.